The van der Waals surface area contributed by atoms with Crippen molar-refractivity contribution in [2.75, 3.05) is 6.61 Å². The Morgan fingerprint density at radius 1 is 1.50 bits per heavy atom. The minimum atomic E-state index is -1.25. The molecule has 0 aromatic carbocycles. The molecule has 3 aliphatic rings. The van der Waals surface area contributed by atoms with E-state index in [1.165, 1.54) is 10.8 Å². The Bertz CT molecular complexity index is 711. The zero-order chi connectivity index (χ0) is 14.3. The summed E-state index contributed by atoms with van der Waals surface area (Å²) in [5.41, 5.74) is -1.53. The van der Waals surface area contributed by atoms with Gasteiger partial charge in [-0.2, -0.15) is 0 Å². The number of nitrogens with zero attached hydrogens (tertiary/aromatic N) is 1. The number of aliphatic hydroxyl groups is 2. The number of rotatable bonds is 2. The van der Waals surface area contributed by atoms with Crippen molar-refractivity contribution in [3.63, 3.8) is 0 Å². The third-order valence-electron chi connectivity index (χ3n) is 4.60. The van der Waals surface area contributed by atoms with Crippen LogP contribution in [0.2, 0.25) is 0 Å². The maximum atomic E-state index is 11.9. The monoisotopic (exact) mass is 282 g/mol. The summed E-state index contributed by atoms with van der Waals surface area (Å²) < 4.78 is 12.4. The van der Waals surface area contributed by atoms with Crippen molar-refractivity contribution < 1.29 is 19.7 Å². The fraction of sp³-hybridized carbons (Fsp3) is 0.667. The van der Waals surface area contributed by atoms with Gasteiger partial charge in [0.15, 0.2) is 12.0 Å². The summed E-state index contributed by atoms with van der Waals surface area (Å²) in [6.07, 6.45) is 0.343. The summed E-state index contributed by atoms with van der Waals surface area (Å²) in [5, 5.41) is 19.5. The summed E-state index contributed by atoms with van der Waals surface area (Å²) in [7, 11) is 0. The number of H-pyrrole nitrogens is 1. The van der Waals surface area contributed by atoms with Crippen LogP contribution in [0.3, 0.4) is 0 Å². The van der Waals surface area contributed by atoms with Crippen molar-refractivity contribution in [1.29, 1.82) is 0 Å². The van der Waals surface area contributed by atoms with Crippen molar-refractivity contribution in [1.82, 2.24) is 9.55 Å². The Morgan fingerprint density at radius 3 is 2.85 bits per heavy atom. The molecule has 0 amide bonds. The van der Waals surface area contributed by atoms with E-state index in [9.17, 15) is 19.8 Å². The highest BCUT2D eigenvalue weighted by molar-refractivity contribution is 5.23. The van der Waals surface area contributed by atoms with Gasteiger partial charge >= 0.3 is 5.69 Å². The van der Waals surface area contributed by atoms with Crippen LogP contribution in [0.15, 0.2) is 15.8 Å². The lowest BCUT2D eigenvalue weighted by Gasteiger charge is -2.62. The molecule has 3 fully saturated rings. The van der Waals surface area contributed by atoms with E-state index in [0.29, 0.717) is 5.56 Å². The molecule has 3 N–H and O–H groups in total. The molecule has 3 heterocycles. The molecule has 1 aromatic rings. The van der Waals surface area contributed by atoms with E-state index in [0.717, 1.165) is 0 Å². The quantitative estimate of drug-likeness (QED) is 0.590. The molecule has 5 atom stereocenters. The smallest absolute Gasteiger partial charge is 0.330 e. The Morgan fingerprint density at radius 2 is 2.25 bits per heavy atom. The van der Waals surface area contributed by atoms with E-state index in [4.69, 9.17) is 9.47 Å². The lowest BCUT2D eigenvalue weighted by atomic mass is 9.59. The summed E-state index contributed by atoms with van der Waals surface area (Å²) >= 11 is 0. The summed E-state index contributed by atoms with van der Waals surface area (Å²) in [5.74, 6) is -1.59. The van der Waals surface area contributed by atoms with Crippen LogP contribution in [0.1, 0.15) is 18.2 Å². The molecule has 0 spiro atoms. The number of ether oxygens (including phenoxy) is 2. The molecule has 1 saturated carbocycles. The largest absolute Gasteiger partial charge is 0.393 e. The van der Waals surface area contributed by atoms with Gasteiger partial charge in [0.25, 0.3) is 5.56 Å². The predicted octanol–water partition coefficient (Wildman–Crippen LogP) is -1.79. The van der Waals surface area contributed by atoms with E-state index < -0.39 is 35.0 Å². The molecular formula is C12H14N2O6. The van der Waals surface area contributed by atoms with Crippen molar-refractivity contribution in [2.45, 2.75) is 37.1 Å². The molecule has 5 unspecified atom stereocenters. The first-order valence-electron chi connectivity index (χ1n) is 6.41. The lowest BCUT2D eigenvalue weighted by molar-refractivity contribution is -0.434. The highest BCUT2D eigenvalue weighted by atomic mass is 16.7. The molecule has 8 heteroatoms. The van der Waals surface area contributed by atoms with Crippen molar-refractivity contribution in [3.05, 3.63) is 32.6 Å². The van der Waals surface area contributed by atoms with Gasteiger partial charge in [0.2, 0.25) is 0 Å². The minimum Gasteiger partial charge on any atom is -0.393 e. The van der Waals surface area contributed by atoms with Gasteiger partial charge in [0.1, 0.15) is 11.7 Å². The van der Waals surface area contributed by atoms with Gasteiger partial charge in [-0.1, -0.05) is 0 Å². The van der Waals surface area contributed by atoms with Crippen LogP contribution < -0.4 is 11.2 Å². The van der Waals surface area contributed by atoms with Crippen molar-refractivity contribution >= 4 is 0 Å². The zero-order valence-electron chi connectivity index (χ0n) is 10.7. The van der Waals surface area contributed by atoms with Crippen LogP contribution in [0.25, 0.3) is 0 Å². The normalized spacial score (nSPS) is 44.6. The molecule has 2 saturated heterocycles. The van der Waals surface area contributed by atoms with E-state index >= 15 is 0 Å². The summed E-state index contributed by atoms with van der Waals surface area (Å²) in [6.45, 7) is 1.34. The maximum absolute atomic E-state index is 11.9. The number of aryl methyl sites for hydroxylation is 1. The number of aromatic amines is 1. The van der Waals surface area contributed by atoms with Crippen LogP contribution in [0.4, 0.5) is 0 Å². The first-order chi connectivity index (χ1) is 9.40. The Labute approximate surface area is 112 Å². The predicted molar refractivity (Wildman–Crippen MR) is 63.9 cm³/mol. The Balaban J connectivity index is 1.77. The average molecular weight is 282 g/mol. The van der Waals surface area contributed by atoms with Gasteiger partial charge in [-0.05, 0) is 6.92 Å². The van der Waals surface area contributed by atoms with Crippen LogP contribution in [-0.2, 0) is 9.47 Å². The van der Waals surface area contributed by atoms with E-state index in [-0.39, 0.29) is 18.9 Å². The second kappa shape index (κ2) is 3.40. The van der Waals surface area contributed by atoms with E-state index in [1.54, 1.807) is 6.92 Å². The Kier molecular flexibility index (Phi) is 2.08. The highest BCUT2D eigenvalue weighted by Crippen LogP contribution is 2.67. The Hall–Kier alpha value is -1.48. The molecule has 4 rings (SSSR count). The van der Waals surface area contributed by atoms with E-state index in [1.807, 2.05) is 0 Å². The highest BCUT2D eigenvalue weighted by Gasteiger charge is 2.81. The van der Waals surface area contributed by atoms with Gasteiger partial charge in [0.05, 0.1) is 12.5 Å². The second-order valence-electron chi connectivity index (χ2n) is 5.79. The molecular weight excluding hydrogens is 268 g/mol. The maximum Gasteiger partial charge on any atom is 0.330 e. The number of hydrogen-bond donors (Lipinski definition) is 3. The van der Waals surface area contributed by atoms with Crippen LogP contribution in [0, 0.1) is 12.8 Å². The zero-order valence-corrected chi connectivity index (χ0v) is 10.7. The van der Waals surface area contributed by atoms with Crippen molar-refractivity contribution in [2.24, 2.45) is 5.92 Å². The molecule has 20 heavy (non-hydrogen) atoms. The first kappa shape index (κ1) is 12.3. The fourth-order valence-electron chi connectivity index (χ4n) is 3.66. The van der Waals surface area contributed by atoms with Crippen LogP contribution >= 0.6 is 0 Å². The van der Waals surface area contributed by atoms with E-state index in [2.05, 4.69) is 4.98 Å². The first-order valence-corrected chi connectivity index (χ1v) is 6.41. The fourth-order valence-corrected chi connectivity index (χ4v) is 3.66. The van der Waals surface area contributed by atoms with Crippen LogP contribution in [-0.4, -0.2) is 43.9 Å². The second-order valence-corrected chi connectivity index (χ2v) is 5.79. The van der Waals surface area contributed by atoms with Crippen molar-refractivity contribution in [3.8, 4) is 0 Å². The van der Waals surface area contributed by atoms with Gasteiger partial charge in [-0.25, -0.2) is 4.79 Å². The lowest BCUT2D eigenvalue weighted by Crippen LogP contribution is -2.77. The number of aliphatic hydroxyl groups excluding tert-OH is 1. The molecule has 0 radical (unpaired) electrons. The average Bonchev–Trinajstić information content (AvgIpc) is 2.49. The molecule has 0 bridgehead atoms. The topological polar surface area (TPSA) is 114 Å². The van der Waals surface area contributed by atoms with Crippen LogP contribution in [0.5, 0.6) is 0 Å². The minimum absolute atomic E-state index is 0.186. The number of hydrogen-bond acceptors (Lipinski definition) is 6. The third-order valence-corrected chi connectivity index (χ3v) is 4.60. The molecule has 2 aliphatic heterocycles. The standard InChI is InChI=1S/C12H14N2O6/c1-5-2-14(10(17)13-8(5)16)9-6-7-11(4-15,20-9)3-12(7,18)19-6/h2,6-7,9,15,18H,3-4H2,1H3,(H,13,16,17). The SMILES string of the molecule is Cc1cn(C2OC3(CO)CC4(O)OC2C43)c(=O)[nH]c1=O. The van der Waals surface area contributed by atoms with Gasteiger partial charge in [-0.3, -0.25) is 14.3 Å². The molecule has 8 nitrogen and oxygen atoms in total. The summed E-state index contributed by atoms with van der Waals surface area (Å²) in [6, 6.07) is 0. The molecule has 108 valence electrons. The van der Waals surface area contributed by atoms with Gasteiger partial charge in [-0.15, -0.1) is 0 Å². The third kappa shape index (κ3) is 1.20. The number of aromatic nitrogens is 2. The van der Waals surface area contributed by atoms with Gasteiger partial charge < -0.3 is 19.7 Å². The molecule has 1 aliphatic carbocycles. The molecule has 1 aromatic heterocycles. The summed E-state index contributed by atoms with van der Waals surface area (Å²) in [4.78, 5) is 25.5. The number of nitrogens with one attached hydrogen (secondary N) is 1. The van der Waals surface area contributed by atoms with Gasteiger partial charge in [0, 0.05) is 18.2 Å².